The molecule has 0 atom stereocenters. The van der Waals surface area contributed by atoms with Gasteiger partial charge in [-0.15, -0.1) is 0 Å². The average Bonchev–Trinajstić information content (AvgIpc) is 0.747. The van der Waals surface area contributed by atoms with E-state index in [0.29, 0.717) is 5.75 Å². The molecule has 0 saturated carbocycles. The summed E-state index contributed by atoms with van der Waals surface area (Å²) in [6.45, 7) is 102. The molecule has 0 fully saturated rings. The van der Waals surface area contributed by atoms with Gasteiger partial charge in [-0.05, 0) is 205 Å². The monoisotopic (exact) mass is 1700 g/mol. The van der Waals surface area contributed by atoms with Crippen LogP contribution in [-0.4, -0.2) is 43.9 Å². The minimum atomic E-state index is -2.11. The molecular weight excluding hydrogens is 1530 g/mol. The van der Waals surface area contributed by atoms with Crippen molar-refractivity contribution in [2.75, 3.05) is 33.9 Å². The summed E-state index contributed by atoms with van der Waals surface area (Å²) in [4.78, 5) is 2.38. The predicted molar refractivity (Wildman–Crippen MR) is 521 cm³/mol. The molecule has 7 rings (SSSR count). The molecule has 1 N–H and O–H groups in total. The van der Waals surface area contributed by atoms with Crippen molar-refractivity contribution in [1.29, 1.82) is 0 Å². The van der Waals surface area contributed by atoms with Gasteiger partial charge in [-0.3, -0.25) is 0 Å². The van der Waals surface area contributed by atoms with E-state index >= 15 is 0 Å². The van der Waals surface area contributed by atoms with Crippen LogP contribution in [0.1, 0.15) is 389 Å². The molecule has 7 aromatic carbocycles. The van der Waals surface area contributed by atoms with Gasteiger partial charge >= 0.3 is 8.60 Å². The van der Waals surface area contributed by atoms with Gasteiger partial charge in [0.2, 0.25) is 0 Å². The lowest BCUT2D eigenvalue weighted by Crippen LogP contribution is -2.21. The second-order valence-electron chi connectivity index (χ2n) is 47.1. The molecule has 0 aliphatic heterocycles. The molecule has 118 heavy (non-hydrogen) atoms. The van der Waals surface area contributed by atoms with Crippen LogP contribution >= 0.6 is 37.9 Å². The summed E-state index contributed by atoms with van der Waals surface area (Å²) in [7, 11) is 1.43. The van der Waals surface area contributed by atoms with Gasteiger partial charge in [0.25, 0.3) is 6.85 Å². The van der Waals surface area contributed by atoms with Gasteiger partial charge in [-0.2, -0.15) is 0 Å². The van der Waals surface area contributed by atoms with Crippen molar-refractivity contribution in [3.05, 3.63) is 181 Å². The van der Waals surface area contributed by atoms with Crippen molar-refractivity contribution in [2.24, 2.45) is 0 Å². The van der Waals surface area contributed by atoms with E-state index in [9.17, 15) is 5.11 Å². The van der Waals surface area contributed by atoms with Crippen molar-refractivity contribution >= 4 is 37.9 Å². The first-order valence-electron chi connectivity index (χ1n) is 43.2. The minimum absolute atomic E-state index is 0.00859. The van der Waals surface area contributed by atoms with Crippen LogP contribution in [0, 0.1) is 0 Å². The molecule has 7 aromatic rings. The van der Waals surface area contributed by atoms with Crippen LogP contribution in [0.3, 0.4) is 0 Å². The second-order valence-corrected chi connectivity index (χ2v) is 51.0. The zero-order chi connectivity index (χ0) is 91.6. The molecule has 0 amide bonds. The van der Waals surface area contributed by atoms with E-state index in [1.165, 1.54) is 64.1 Å². The number of phenols is 1. The van der Waals surface area contributed by atoms with Crippen molar-refractivity contribution in [2.45, 2.75) is 387 Å². The van der Waals surface area contributed by atoms with Crippen molar-refractivity contribution in [3.8, 4) is 62.5 Å². The first kappa shape index (κ1) is 105. The largest absolute Gasteiger partial charge is 0.530 e. The number of ether oxygens (including phenoxy) is 2. The summed E-state index contributed by atoms with van der Waals surface area (Å²) in [5.41, 5.74) is 18.8. The topological polar surface area (TPSA) is 78.9 Å². The maximum absolute atomic E-state index is 9.84. The number of phenolic OH excluding ortho intramolecular Hbond substituents is 1. The Kier molecular flexibility index (Phi) is 34.1. The van der Waals surface area contributed by atoms with Gasteiger partial charge in [0, 0.05) is 55.6 Å². The molecule has 0 aliphatic rings. The summed E-state index contributed by atoms with van der Waals surface area (Å²) >= 11 is 12.6. The molecule has 0 saturated heterocycles. The lowest BCUT2D eigenvalue weighted by atomic mass is 9.75. The van der Waals surface area contributed by atoms with Crippen LogP contribution < -0.4 is 27.6 Å². The molecule has 0 heterocycles. The van der Waals surface area contributed by atoms with Crippen LogP contribution in [0.2, 0.25) is 0 Å². The van der Waals surface area contributed by atoms with Crippen LogP contribution in [0.5, 0.6) is 40.2 Å². The quantitative estimate of drug-likeness (QED) is 0.102. The fourth-order valence-corrected chi connectivity index (χ4v) is 15.7. The zero-order valence-electron chi connectivity index (χ0n) is 83.4. The summed E-state index contributed by atoms with van der Waals surface area (Å²) in [6, 6.07) is 37.5. The highest BCUT2D eigenvalue weighted by molar-refractivity contribution is 8.00. The highest BCUT2D eigenvalue weighted by Crippen LogP contribution is 2.58. The van der Waals surface area contributed by atoms with Crippen molar-refractivity contribution in [1.82, 2.24) is 4.90 Å². The van der Waals surface area contributed by atoms with Gasteiger partial charge in [0.15, 0.2) is 0 Å². The first-order chi connectivity index (χ1) is 52.9. The normalized spacial score (nSPS) is 13.3. The third-order valence-electron chi connectivity index (χ3n) is 22.0. The Morgan fingerprint density at radius 1 is 0.254 bits per heavy atom. The van der Waals surface area contributed by atoms with E-state index < -0.39 is 15.5 Å². The second kappa shape index (κ2) is 38.3. The van der Waals surface area contributed by atoms with E-state index in [1.807, 2.05) is 6.07 Å². The van der Waals surface area contributed by atoms with Crippen LogP contribution in [0.15, 0.2) is 103 Å². The highest BCUT2D eigenvalue weighted by atomic mass is 35.9. The molecule has 0 radical (unpaired) electrons. The molecule has 12 heteroatoms. The Labute approximate surface area is 735 Å². The van der Waals surface area contributed by atoms with Gasteiger partial charge in [0.05, 0.1) is 14.2 Å². The van der Waals surface area contributed by atoms with Crippen LogP contribution in [0.4, 0.5) is 0 Å². The van der Waals surface area contributed by atoms with E-state index in [0.717, 1.165) is 90.1 Å². The highest BCUT2D eigenvalue weighted by Gasteiger charge is 2.39. The molecule has 0 aromatic heterocycles. The smallest absolute Gasteiger partial charge is 0.508 e. The molecule has 660 valence electrons. The number of hydrogen-bond acceptors (Lipinski definition) is 8. The number of methoxy groups -OCH3 is 2. The van der Waals surface area contributed by atoms with Gasteiger partial charge in [0.1, 0.15) is 40.2 Å². The van der Waals surface area contributed by atoms with Gasteiger partial charge in [-0.1, -0.05) is 372 Å². The molecule has 0 unspecified atom stereocenters. The Morgan fingerprint density at radius 3 is 0.678 bits per heavy atom. The number of halogens is 2. The van der Waals surface area contributed by atoms with Gasteiger partial charge < -0.3 is 37.6 Å². The zero-order valence-corrected chi connectivity index (χ0v) is 86.7. The standard InChI is InChI=1S/C57H85O4P.C29H43Cl2O2P.C14H22O.C6H15N/c1-50(2,3)36-26-28-46(42(32-36)54(13,14)15)59-62(60-47-29-27-37(51(4,5)6)33-43(47)55(16,17)18)61-49-41(31-39(53(10,11)12)35-45(49)57(22,23)24)40-30-38(52(7,8)9)34-44(48(40)58-25)56(19,20)21;1-26(2,3)18-14-20(24(32-13)22(16-18)28(7,8)9)21-15-19(27(4,5)6)17-23(29(10,11)12)25(21)33-34(30)31;1-13(2,3)10-7-8-12(15)11(9-10)14(4,5)6;1-4-7(5-2)6-3/h26-35H,1-25H3;14-17H,1-13H3;7-9,15H,1-6H3;4-6H2,1-3H3. The van der Waals surface area contributed by atoms with E-state index in [2.05, 4.69) is 407 Å². The van der Waals surface area contributed by atoms with Gasteiger partial charge in [-0.25, -0.2) is 0 Å². The third-order valence-corrected chi connectivity index (χ3v) is 23.8. The van der Waals surface area contributed by atoms with E-state index in [1.54, 1.807) is 20.3 Å². The summed E-state index contributed by atoms with van der Waals surface area (Å²) < 4.78 is 41.0. The predicted octanol–water partition coefficient (Wildman–Crippen LogP) is 33.5. The lowest BCUT2D eigenvalue weighted by Gasteiger charge is -2.33. The van der Waals surface area contributed by atoms with Crippen molar-refractivity contribution in [3.63, 3.8) is 0 Å². The van der Waals surface area contributed by atoms with Crippen LogP contribution in [-0.2, 0) is 75.8 Å². The maximum Gasteiger partial charge on any atom is 0.530 e. The first-order valence-corrected chi connectivity index (χ1v) is 47.4. The summed E-state index contributed by atoms with van der Waals surface area (Å²) in [5, 5.41) is 9.84. The molecule has 0 aliphatic carbocycles. The van der Waals surface area contributed by atoms with E-state index in [4.69, 9.17) is 50.1 Å². The summed E-state index contributed by atoms with van der Waals surface area (Å²) in [5.74, 6) is 5.11. The Hall–Kier alpha value is -5.46. The summed E-state index contributed by atoms with van der Waals surface area (Å²) in [6.07, 6.45) is 0. The molecular formula is C106H165Cl2NO7P2. The van der Waals surface area contributed by atoms with Crippen LogP contribution in [0.25, 0.3) is 22.3 Å². The molecule has 0 spiro atoms. The Morgan fingerprint density at radius 2 is 0.466 bits per heavy atom. The van der Waals surface area contributed by atoms with Crippen molar-refractivity contribution < 1.29 is 32.7 Å². The lowest BCUT2D eigenvalue weighted by molar-refractivity contribution is 0.321. The Bertz CT molecular complexity index is 4410. The number of nitrogens with zero attached hydrogens (tertiary/aromatic N) is 1. The number of benzene rings is 7. The number of aromatic hydroxyl groups is 1. The Balaban J connectivity index is 0.000000430. The third kappa shape index (κ3) is 28.6. The number of rotatable bonds is 15. The molecule has 8 nitrogen and oxygen atoms in total. The maximum atomic E-state index is 9.84. The van der Waals surface area contributed by atoms with E-state index in [-0.39, 0.29) is 75.8 Å². The SMILES string of the molecule is CC(C)(C)c1ccc(O)c(C(C)(C)C)c1.CCN(CC)CC.COc1c(-c2cc(C(C)(C)C)cc(C(C)(C)C)c2OP(Cl)Cl)cc(C(C)(C)C)cc1C(C)(C)C.COc1c(-c2cc(C(C)(C)C)cc(C(C)(C)C)c2OP(Oc2ccc(C(C)(C)C)cc2C(C)(C)C)Oc2ccc(C(C)(C)C)cc2C(C)(C)C)cc(C(C)(C)C)cc1C(C)(C)C. The average molecular weight is 1700 g/mol. The molecule has 0 bridgehead atoms. The fraction of sp³-hybridized carbons (Fsp3) is 0.604. The fourth-order valence-electron chi connectivity index (χ4n) is 13.9. The number of hydrogen-bond donors (Lipinski definition) is 1. The minimum Gasteiger partial charge on any atom is -0.508 e.